The number of nitrogens with one attached hydrogen (secondary N) is 1. The van der Waals surface area contributed by atoms with Crippen LogP contribution in [0, 0.1) is 0 Å². The molecule has 0 unspecified atom stereocenters. The van der Waals surface area contributed by atoms with Crippen LogP contribution in [-0.2, 0) is 17.9 Å². The lowest BCUT2D eigenvalue weighted by atomic mass is 10.2. The Morgan fingerprint density at radius 1 is 1.07 bits per heavy atom. The molecule has 1 fully saturated rings. The highest BCUT2D eigenvalue weighted by atomic mass is 35.5. The van der Waals surface area contributed by atoms with Crippen LogP contribution in [0.3, 0.4) is 0 Å². The van der Waals surface area contributed by atoms with Crippen molar-refractivity contribution in [1.29, 1.82) is 0 Å². The van der Waals surface area contributed by atoms with Crippen molar-refractivity contribution in [3.8, 4) is 11.5 Å². The van der Waals surface area contributed by atoms with Gasteiger partial charge in [0.2, 0.25) is 5.91 Å². The number of hydrogen-bond acceptors (Lipinski definition) is 4. The topological polar surface area (TPSA) is 50.8 Å². The van der Waals surface area contributed by atoms with E-state index in [1.54, 1.807) is 19.2 Å². The fourth-order valence-corrected chi connectivity index (χ4v) is 3.98. The van der Waals surface area contributed by atoms with Crippen LogP contribution in [0.5, 0.6) is 11.5 Å². The zero-order valence-electron chi connectivity index (χ0n) is 16.8. The van der Waals surface area contributed by atoms with Crippen molar-refractivity contribution in [2.75, 3.05) is 26.7 Å². The highest BCUT2D eigenvalue weighted by Gasteiger charge is 2.19. The van der Waals surface area contributed by atoms with Crippen molar-refractivity contribution in [1.82, 2.24) is 10.2 Å². The SMILES string of the molecule is COc1cc(CNCCCN2CCCC2=O)cc(Cl)c1OCc1ccc(Cl)c(Cl)c1. The monoisotopic (exact) mass is 470 g/mol. The highest BCUT2D eigenvalue weighted by Crippen LogP contribution is 2.37. The van der Waals surface area contributed by atoms with Crippen molar-refractivity contribution < 1.29 is 14.3 Å². The Hall–Kier alpha value is -1.66. The van der Waals surface area contributed by atoms with Gasteiger partial charge in [-0.15, -0.1) is 0 Å². The summed E-state index contributed by atoms with van der Waals surface area (Å²) < 4.78 is 11.4. The molecule has 0 aromatic heterocycles. The minimum atomic E-state index is 0.267. The number of nitrogens with zero attached hydrogens (tertiary/aromatic N) is 1. The van der Waals surface area contributed by atoms with Crippen LogP contribution in [0.4, 0.5) is 0 Å². The molecular weight excluding hydrogens is 447 g/mol. The van der Waals surface area contributed by atoms with Crippen molar-refractivity contribution in [3.63, 3.8) is 0 Å². The van der Waals surface area contributed by atoms with E-state index >= 15 is 0 Å². The Bertz CT molecular complexity index is 892. The van der Waals surface area contributed by atoms with Gasteiger partial charge in [-0.3, -0.25) is 4.79 Å². The first-order chi connectivity index (χ1) is 14.5. The fraction of sp³-hybridized carbons (Fsp3) is 0.409. The largest absolute Gasteiger partial charge is 0.493 e. The van der Waals surface area contributed by atoms with Crippen molar-refractivity contribution >= 4 is 40.7 Å². The zero-order chi connectivity index (χ0) is 21.5. The number of benzene rings is 2. The maximum absolute atomic E-state index is 11.6. The molecule has 5 nitrogen and oxygen atoms in total. The number of amides is 1. The predicted molar refractivity (Wildman–Crippen MR) is 121 cm³/mol. The lowest BCUT2D eigenvalue weighted by molar-refractivity contribution is -0.127. The van der Waals surface area contributed by atoms with E-state index < -0.39 is 0 Å². The molecule has 1 aliphatic heterocycles. The summed E-state index contributed by atoms with van der Waals surface area (Å²) in [5.74, 6) is 1.33. The smallest absolute Gasteiger partial charge is 0.222 e. The molecule has 0 radical (unpaired) electrons. The van der Waals surface area contributed by atoms with E-state index in [9.17, 15) is 4.79 Å². The van der Waals surface area contributed by atoms with E-state index in [-0.39, 0.29) is 5.91 Å². The average Bonchev–Trinajstić information content (AvgIpc) is 3.13. The number of carbonyl (C=O) groups excluding carboxylic acids is 1. The molecule has 3 rings (SSSR count). The molecular formula is C22H25Cl3N2O3. The van der Waals surface area contributed by atoms with E-state index in [1.165, 1.54) is 0 Å². The second kappa shape index (κ2) is 11.1. The second-order valence-electron chi connectivity index (χ2n) is 7.16. The molecule has 2 aromatic rings. The normalized spacial score (nSPS) is 13.7. The molecule has 0 atom stereocenters. The second-order valence-corrected chi connectivity index (χ2v) is 8.38. The lowest BCUT2D eigenvalue weighted by Crippen LogP contribution is -2.28. The van der Waals surface area contributed by atoms with E-state index in [4.69, 9.17) is 44.3 Å². The summed E-state index contributed by atoms with van der Waals surface area (Å²) >= 11 is 18.5. The van der Waals surface area contributed by atoms with Crippen molar-refractivity contribution in [2.24, 2.45) is 0 Å². The third-order valence-corrected chi connectivity index (χ3v) is 5.96. The summed E-state index contributed by atoms with van der Waals surface area (Å²) in [7, 11) is 1.59. The molecule has 1 saturated heterocycles. The molecule has 0 saturated carbocycles. The molecule has 1 N–H and O–H groups in total. The van der Waals surface area contributed by atoms with Crippen LogP contribution >= 0.6 is 34.8 Å². The van der Waals surface area contributed by atoms with Gasteiger partial charge in [0.15, 0.2) is 11.5 Å². The van der Waals surface area contributed by atoms with Crippen LogP contribution in [-0.4, -0.2) is 37.6 Å². The number of methoxy groups -OCH3 is 1. The van der Waals surface area contributed by atoms with Crippen molar-refractivity contribution in [2.45, 2.75) is 32.4 Å². The van der Waals surface area contributed by atoms with Crippen LogP contribution in [0.15, 0.2) is 30.3 Å². The Kier molecular flexibility index (Phi) is 8.51. The Morgan fingerprint density at radius 3 is 2.57 bits per heavy atom. The maximum atomic E-state index is 11.6. The molecule has 0 bridgehead atoms. The first-order valence-corrected chi connectivity index (χ1v) is 11.0. The summed E-state index contributed by atoms with van der Waals surface area (Å²) in [5.41, 5.74) is 1.88. The van der Waals surface area contributed by atoms with Crippen molar-refractivity contribution in [3.05, 3.63) is 56.5 Å². The summed E-state index contributed by atoms with van der Waals surface area (Å²) in [4.78, 5) is 13.6. The molecule has 0 aliphatic carbocycles. The van der Waals surface area contributed by atoms with Gasteiger partial charge in [-0.2, -0.15) is 0 Å². The molecule has 1 amide bonds. The first-order valence-electron chi connectivity index (χ1n) is 9.89. The highest BCUT2D eigenvalue weighted by molar-refractivity contribution is 6.42. The lowest BCUT2D eigenvalue weighted by Gasteiger charge is -2.16. The van der Waals surface area contributed by atoms with E-state index in [2.05, 4.69) is 5.32 Å². The van der Waals surface area contributed by atoms with Gasteiger partial charge in [-0.05, 0) is 54.8 Å². The molecule has 162 valence electrons. The number of rotatable bonds is 10. The van der Waals surface area contributed by atoms with Crippen LogP contribution in [0.25, 0.3) is 0 Å². The van der Waals surface area contributed by atoms with E-state index in [0.717, 1.165) is 43.6 Å². The quantitative estimate of drug-likeness (QED) is 0.475. The zero-order valence-corrected chi connectivity index (χ0v) is 19.1. The Balaban J connectivity index is 1.52. The van der Waals surface area contributed by atoms with Gasteiger partial charge >= 0.3 is 0 Å². The number of likely N-dealkylation sites (tertiary alicyclic amines) is 1. The maximum Gasteiger partial charge on any atom is 0.222 e. The molecule has 2 aromatic carbocycles. The molecule has 8 heteroatoms. The third-order valence-electron chi connectivity index (χ3n) is 4.94. The van der Waals surface area contributed by atoms with E-state index in [1.807, 2.05) is 23.1 Å². The minimum absolute atomic E-state index is 0.267. The molecule has 1 heterocycles. The van der Waals surface area contributed by atoms with Gasteiger partial charge < -0.3 is 19.7 Å². The molecule has 0 spiro atoms. The number of carbonyl (C=O) groups is 1. The van der Waals surface area contributed by atoms with Crippen LogP contribution in [0.2, 0.25) is 15.1 Å². The summed E-state index contributed by atoms with van der Waals surface area (Å²) in [5, 5.41) is 4.85. The molecule has 30 heavy (non-hydrogen) atoms. The summed E-state index contributed by atoms with van der Waals surface area (Å²) in [6.07, 6.45) is 2.58. The predicted octanol–water partition coefficient (Wildman–Crippen LogP) is 5.34. The number of hydrogen-bond donors (Lipinski definition) is 1. The van der Waals surface area contributed by atoms with Gasteiger partial charge in [0.05, 0.1) is 22.2 Å². The number of ether oxygens (including phenoxy) is 2. The Labute approximate surface area is 192 Å². The number of halogens is 3. The van der Waals surface area contributed by atoms with Crippen LogP contribution < -0.4 is 14.8 Å². The summed E-state index contributed by atoms with van der Waals surface area (Å²) in [6, 6.07) is 9.12. The van der Waals surface area contributed by atoms with Gasteiger partial charge in [0.25, 0.3) is 0 Å². The Morgan fingerprint density at radius 2 is 1.87 bits per heavy atom. The van der Waals surface area contributed by atoms with Gasteiger partial charge in [0.1, 0.15) is 6.61 Å². The average molecular weight is 472 g/mol. The third kappa shape index (κ3) is 6.17. The standard InChI is InChI=1S/C22H25Cl3N2O3/c1-29-20-12-16(13-26-7-3-9-27-8-2-4-21(27)28)11-19(25)22(20)30-14-15-5-6-17(23)18(24)10-15/h5-6,10-12,26H,2-4,7-9,13-14H2,1H3. The fourth-order valence-electron chi connectivity index (χ4n) is 3.37. The molecule has 1 aliphatic rings. The van der Waals surface area contributed by atoms with Gasteiger partial charge in [-0.25, -0.2) is 0 Å². The summed E-state index contributed by atoms with van der Waals surface area (Å²) in [6.45, 7) is 3.45. The van der Waals surface area contributed by atoms with Gasteiger partial charge in [0, 0.05) is 26.1 Å². The first kappa shape index (κ1) is 23.0. The van der Waals surface area contributed by atoms with Gasteiger partial charge in [-0.1, -0.05) is 40.9 Å². The van der Waals surface area contributed by atoms with E-state index in [0.29, 0.717) is 46.1 Å². The minimum Gasteiger partial charge on any atom is -0.493 e. The van der Waals surface area contributed by atoms with Crippen LogP contribution in [0.1, 0.15) is 30.4 Å².